The molecule has 2 aromatic carbocycles. The van der Waals surface area contributed by atoms with Gasteiger partial charge in [-0.3, -0.25) is 9.59 Å². The summed E-state index contributed by atoms with van der Waals surface area (Å²) in [6.45, 7) is 0.628. The molecule has 0 radical (unpaired) electrons. The van der Waals surface area contributed by atoms with Crippen molar-refractivity contribution in [2.75, 3.05) is 16.8 Å². The van der Waals surface area contributed by atoms with Crippen molar-refractivity contribution in [1.29, 1.82) is 0 Å². The van der Waals surface area contributed by atoms with Crippen LogP contribution < -0.4 is 15.5 Å². The molecule has 2 aliphatic heterocycles. The van der Waals surface area contributed by atoms with Crippen LogP contribution in [0.1, 0.15) is 12.0 Å². The molecular formula is C19H18ClN3O2. The fraction of sp³-hybridized carbons (Fsp3) is 0.263. The van der Waals surface area contributed by atoms with Crippen molar-refractivity contribution in [3.8, 4) is 0 Å². The Kier molecular flexibility index (Phi) is 4.09. The molecule has 2 aliphatic rings. The van der Waals surface area contributed by atoms with Gasteiger partial charge in [-0.25, -0.2) is 0 Å². The van der Waals surface area contributed by atoms with Gasteiger partial charge in [-0.2, -0.15) is 0 Å². The summed E-state index contributed by atoms with van der Waals surface area (Å²) in [6, 6.07) is 14.8. The standard InChI is InChI=1S/C19H18ClN3O2/c20-14-6-2-1-5-12(14)9-18(24)21-13-10-17-19(25)22-15-7-3-4-8-16(15)23(17)11-13/h1-8,13,17H,9-11H2,(H,21,24)(H,22,25)/t13-,17-/m1/s1. The maximum Gasteiger partial charge on any atom is 0.247 e. The Morgan fingerprint density at radius 2 is 1.96 bits per heavy atom. The second-order valence-corrected chi connectivity index (χ2v) is 6.85. The van der Waals surface area contributed by atoms with Gasteiger partial charge in [0.05, 0.1) is 17.8 Å². The summed E-state index contributed by atoms with van der Waals surface area (Å²) in [4.78, 5) is 26.8. The van der Waals surface area contributed by atoms with Gasteiger partial charge in [0, 0.05) is 17.6 Å². The third-order valence-electron chi connectivity index (χ3n) is 4.75. The maximum absolute atomic E-state index is 12.4. The first-order valence-electron chi connectivity index (χ1n) is 8.31. The van der Waals surface area contributed by atoms with Gasteiger partial charge >= 0.3 is 0 Å². The predicted molar refractivity (Wildman–Crippen MR) is 97.9 cm³/mol. The Morgan fingerprint density at radius 3 is 2.80 bits per heavy atom. The number of amides is 2. The average molecular weight is 356 g/mol. The highest BCUT2D eigenvalue weighted by Crippen LogP contribution is 2.36. The second kappa shape index (κ2) is 6.41. The van der Waals surface area contributed by atoms with Crippen LogP contribution in [0, 0.1) is 0 Å². The van der Waals surface area contributed by atoms with Crippen LogP contribution in [0.5, 0.6) is 0 Å². The highest BCUT2D eigenvalue weighted by atomic mass is 35.5. The molecule has 6 heteroatoms. The number of hydrogen-bond acceptors (Lipinski definition) is 3. The van der Waals surface area contributed by atoms with Crippen LogP contribution in [0.25, 0.3) is 0 Å². The molecular weight excluding hydrogens is 338 g/mol. The second-order valence-electron chi connectivity index (χ2n) is 6.44. The molecule has 2 heterocycles. The number of halogens is 1. The Morgan fingerprint density at radius 1 is 1.20 bits per heavy atom. The van der Waals surface area contributed by atoms with Gasteiger partial charge in [0.1, 0.15) is 6.04 Å². The monoisotopic (exact) mass is 355 g/mol. The first kappa shape index (κ1) is 16.0. The number of para-hydroxylation sites is 2. The summed E-state index contributed by atoms with van der Waals surface area (Å²) in [6.07, 6.45) is 0.845. The molecule has 25 heavy (non-hydrogen) atoms. The molecule has 0 aromatic heterocycles. The van der Waals surface area contributed by atoms with Gasteiger partial charge in [0.2, 0.25) is 11.8 Å². The fourth-order valence-electron chi connectivity index (χ4n) is 3.59. The van der Waals surface area contributed by atoms with E-state index in [9.17, 15) is 9.59 Å². The zero-order valence-corrected chi connectivity index (χ0v) is 14.3. The van der Waals surface area contributed by atoms with E-state index in [4.69, 9.17) is 11.6 Å². The molecule has 5 nitrogen and oxygen atoms in total. The number of anilines is 2. The van der Waals surface area contributed by atoms with Crippen molar-refractivity contribution < 1.29 is 9.59 Å². The van der Waals surface area contributed by atoms with Crippen LogP contribution in [0.3, 0.4) is 0 Å². The topological polar surface area (TPSA) is 61.4 Å². The van der Waals surface area contributed by atoms with Crippen molar-refractivity contribution >= 4 is 34.8 Å². The molecule has 2 amide bonds. The van der Waals surface area contributed by atoms with Crippen LogP contribution in [0.2, 0.25) is 5.02 Å². The lowest BCUT2D eigenvalue weighted by Gasteiger charge is -2.32. The molecule has 2 atom stereocenters. The van der Waals surface area contributed by atoms with Crippen molar-refractivity contribution in [2.45, 2.75) is 24.9 Å². The quantitative estimate of drug-likeness (QED) is 0.889. The predicted octanol–water partition coefficient (Wildman–Crippen LogP) is 2.60. The number of nitrogens with zero attached hydrogens (tertiary/aromatic N) is 1. The summed E-state index contributed by atoms with van der Waals surface area (Å²) < 4.78 is 0. The van der Waals surface area contributed by atoms with Crippen LogP contribution in [0.4, 0.5) is 11.4 Å². The van der Waals surface area contributed by atoms with Crippen LogP contribution >= 0.6 is 11.6 Å². The molecule has 1 fully saturated rings. The number of fused-ring (bicyclic) bond motifs is 3. The van der Waals surface area contributed by atoms with Gasteiger partial charge in [-0.1, -0.05) is 41.9 Å². The van der Waals surface area contributed by atoms with E-state index < -0.39 is 0 Å². The van der Waals surface area contributed by atoms with Gasteiger partial charge in [-0.15, -0.1) is 0 Å². The van der Waals surface area contributed by atoms with Crippen molar-refractivity contribution in [2.24, 2.45) is 0 Å². The molecule has 2 N–H and O–H groups in total. The molecule has 0 spiro atoms. The minimum atomic E-state index is -0.236. The summed E-state index contributed by atoms with van der Waals surface area (Å²) >= 11 is 6.12. The summed E-state index contributed by atoms with van der Waals surface area (Å²) in [5.41, 5.74) is 2.64. The third kappa shape index (κ3) is 3.07. The van der Waals surface area contributed by atoms with Crippen LogP contribution in [0.15, 0.2) is 48.5 Å². The zero-order valence-electron chi connectivity index (χ0n) is 13.5. The number of carbonyl (C=O) groups is 2. The number of hydrogen-bond donors (Lipinski definition) is 2. The smallest absolute Gasteiger partial charge is 0.247 e. The number of carbonyl (C=O) groups excluding carboxylic acids is 2. The molecule has 0 unspecified atom stereocenters. The Balaban J connectivity index is 1.45. The first-order chi connectivity index (χ1) is 12.1. The van der Waals surface area contributed by atoms with Gasteiger partial charge < -0.3 is 15.5 Å². The van der Waals surface area contributed by atoms with Crippen molar-refractivity contribution in [3.05, 3.63) is 59.1 Å². The van der Waals surface area contributed by atoms with E-state index in [-0.39, 0.29) is 30.3 Å². The zero-order chi connectivity index (χ0) is 17.4. The van der Waals surface area contributed by atoms with Gasteiger partial charge in [0.15, 0.2) is 0 Å². The van der Waals surface area contributed by atoms with Crippen molar-refractivity contribution in [3.63, 3.8) is 0 Å². The molecule has 2 aromatic rings. The minimum absolute atomic E-state index is 0.0125. The van der Waals surface area contributed by atoms with E-state index >= 15 is 0 Å². The Labute approximate surface area is 151 Å². The largest absolute Gasteiger partial charge is 0.356 e. The maximum atomic E-state index is 12.4. The molecule has 1 saturated heterocycles. The highest BCUT2D eigenvalue weighted by molar-refractivity contribution is 6.31. The van der Waals surface area contributed by atoms with Crippen LogP contribution in [-0.2, 0) is 16.0 Å². The summed E-state index contributed by atoms with van der Waals surface area (Å²) in [7, 11) is 0. The molecule has 0 aliphatic carbocycles. The van der Waals surface area contributed by atoms with Crippen molar-refractivity contribution in [1.82, 2.24) is 5.32 Å². The van der Waals surface area contributed by atoms with E-state index in [2.05, 4.69) is 15.5 Å². The van der Waals surface area contributed by atoms with E-state index in [1.807, 2.05) is 42.5 Å². The molecule has 0 saturated carbocycles. The van der Waals surface area contributed by atoms with E-state index in [0.29, 0.717) is 18.0 Å². The van der Waals surface area contributed by atoms with Gasteiger partial charge in [-0.05, 0) is 30.2 Å². The van der Waals surface area contributed by atoms with Gasteiger partial charge in [0.25, 0.3) is 0 Å². The number of nitrogens with one attached hydrogen (secondary N) is 2. The average Bonchev–Trinajstić information content (AvgIpc) is 3.01. The lowest BCUT2D eigenvalue weighted by Crippen LogP contribution is -2.44. The molecule has 4 rings (SSSR count). The lowest BCUT2D eigenvalue weighted by molar-refractivity contribution is -0.121. The Bertz CT molecular complexity index is 839. The number of rotatable bonds is 3. The lowest BCUT2D eigenvalue weighted by atomic mass is 10.1. The summed E-state index contributed by atoms with van der Waals surface area (Å²) in [5, 5.41) is 6.58. The molecule has 128 valence electrons. The highest BCUT2D eigenvalue weighted by Gasteiger charge is 2.41. The van der Waals surface area contributed by atoms with E-state index in [0.717, 1.165) is 16.9 Å². The fourth-order valence-corrected chi connectivity index (χ4v) is 3.80. The minimum Gasteiger partial charge on any atom is -0.356 e. The normalized spacial score (nSPS) is 21.3. The van der Waals surface area contributed by atoms with E-state index in [1.54, 1.807) is 6.07 Å². The molecule has 0 bridgehead atoms. The Hall–Kier alpha value is -2.53. The van der Waals surface area contributed by atoms with E-state index in [1.165, 1.54) is 0 Å². The third-order valence-corrected chi connectivity index (χ3v) is 5.12. The summed E-state index contributed by atoms with van der Waals surface area (Å²) in [5.74, 6) is -0.0896. The first-order valence-corrected chi connectivity index (χ1v) is 8.69. The number of benzene rings is 2. The van der Waals surface area contributed by atoms with Crippen LogP contribution in [-0.4, -0.2) is 30.4 Å². The SMILES string of the molecule is O=C(Cc1ccccc1Cl)N[C@@H]1C[C@@H]2C(=O)Nc3ccccc3N2C1.